The summed E-state index contributed by atoms with van der Waals surface area (Å²) in [6.45, 7) is 2.15. The maximum Gasteiger partial charge on any atom is 0.123 e. The summed E-state index contributed by atoms with van der Waals surface area (Å²) in [5.41, 5.74) is 2.09. The fourth-order valence-electron chi connectivity index (χ4n) is 2.60. The minimum atomic E-state index is -0.239. The molecule has 0 fully saturated rings. The Hall–Kier alpha value is -1.38. The Morgan fingerprint density at radius 3 is 2.50 bits per heavy atom. The molecule has 0 aliphatic carbocycles. The molecule has 106 valence electrons. The van der Waals surface area contributed by atoms with Crippen molar-refractivity contribution in [3.63, 3.8) is 0 Å². The van der Waals surface area contributed by atoms with Crippen LogP contribution in [0, 0.1) is 11.7 Å². The van der Waals surface area contributed by atoms with Gasteiger partial charge in [0.05, 0.1) is 0 Å². The van der Waals surface area contributed by atoms with Crippen LogP contribution in [-0.2, 0) is 6.42 Å². The predicted molar refractivity (Wildman–Crippen MR) is 82.5 cm³/mol. The topological polar surface area (TPSA) is 12.0 Å². The van der Waals surface area contributed by atoms with Gasteiger partial charge in [0.1, 0.15) is 5.82 Å². The Bertz CT molecular complexity index is 556. The van der Waals surface area contributed by atoms with Crippen molar-refractivity contribution in [3.05, 3.63) is 70.5 Å². The van der Waals surface area contributed by atoms with E-state index in [1.54, 1.807) is 6.07 Å². The number of hydrogen-bond acceptors (Lipinski definition) is 1. The highest BCUT2D eigenvalue weighted by molar-refractivity contribution is 6.31. The Labute approximate surface area is 124 Å². The third kappa shape index (κ3) is 3.59. The highest BCUT2D eigenvalue weighted by Gasteiger charge is 2.18. The van der Waals surface area contributed by atoms with E-state index in [-0.39, 0.29) is 11.9 Å². The van der Waals surface area contributed by atoms with E-state index < -0.39 is 0 Å². The van der Waals surface area contributed by atoms with E-state index in [0.717, 1.165) is 12.0 Å². The highest BCUT2D eigenvalue weighted by Crippen LogP contribution is 2.27. The van der Waals surface area contributed by atoms with Crippen LogP contribution < -0.4 is 5.32 Å². The first-order valence-corrected chi connectivity index (χ1v) is 7.15. The molecule has 0 aliphatic rings. The first-order valence-electron chi connectivity index (χ1n) is 6.78. The zero-order valence-electron chi connectivity index (χ0n) is 11.7. The van der Waals surface area contributed by atoms with E-state index in [0.29, 0.717) is 10.9 Å². The molecule has 0 heterocycles. The third-order valence-corrected chi connectivity index (χ3v) is 3.96. The molecule has 0 saturated carbocycles. The third-order valence-electron chi connectivity index (χ3n) is 3.59. The molecule has 2 unspecified atom stereocenters. The second-order valence-electron chi connectivity index (χ2n) is 5.09. The summed E-state index contributed by atoms with van der Waals surface area (Å²) in [6.07, 6.45) is 0.733. The Morgan fingerprint density at radius 1 is 1.15 bits per heavy atom. The molecule has 2 atom stereocenters. The van der Waals surface area contributed by atoms with Gasteiger partial charge in [0, 0.05) is 11.1 Å². The van der Waals surface area contributed by atoms with E-state index in [9.17, 15) is 4.39 Å². The van der Waals surface area contributed by atoms with E-state index in [1.165, 1.54) is 17.7 Å². The first kappa shape index (κ1) is 15.0. The lowest BCUT2D eigenvalue weighted by Gasteiger charge is -2.24. The van der Waals surface area contributed by atoms with Crippen LogP contribution in [0.15, 0.2) is 48.5 Å². The van der Waals surface area contributed by atoms with Gasteiger partial charge in [-0.05, 0) is 48.7 Å². The van der Waals surface area contributed by atoms with Gasteiger partial charge in [-0.2, -0.15) is 0 Å². The van der Waals surface area contributed by atoms with E-state index in [4.69, 9.17) is 11.6 Å². The second-order valence-corrected chi connectivity index (χ2v) is 5.50. The maximum absolute atomic E-state index is 13.3. The number of rotatable bonds is 5. The SMILES string of the molecule is CNC(c1ccccc1)C(C)Cc1cc(F)ccc1Cl. The number of benzene rings is 2. The van der Waals surface area contributed by atoms with Crippen molar-refractivity contribution in [3.8, 4) is 0 Å². The predicted octanol–water partition coefficient (Wildman–Crippen LogP) is 4.62. The lowest BCUT2D eigenvalue weighted by Crippen LogP contribution is -2.25. The van der Waals surface area contributed by atoms with Crippen LogP contribution >= 0.6 is 11.6 Å². The number of hydrogen-bond donors (Lipinski definition) is 1. The summed E-state index contributed by atoms with van der Waals surface area (Å²) >= 11 is 6.15. The summed E-state index contributed by atoms with van der Waals surface area (Å²) in [7, 11) is 1.95. The Kier molecular flexibility index (Phi) is 5.16. The fraction of sp³-hybridized carbons (Fsp3) is 0.294. The van der Waals surface area contributed by atoms with E-state index in [2.05, 4.69) is 24.4 Å². The molecule has 1 N–H and O–H groups in total. The van der Waals surface area contributed by atoms with Crippen LogP contribution in [-0.4, -0.2) is 7.05 Å². The largest absolute Gasteiger partial charge is 0.313 e. The quantitative estimate of drug-likeness (QED) is 0.848. The summed E-state index contributed by atoms with van der Waals surface area (Å²) in [6, 6.07) is 15.0. The molecule has 1 nitrogen and oxygen atoms in total. The standard InChI is InChI=1S/C17H19ClFN/c1-12(10-14-11-15(19)8-9-16(14)18)17(20-2)13-6-4-3-5-7-13/h3-9,11-12,17,20H,10H2,1-2H3. The van der Waals surface area contributed by atoms with Gasteiger partial charge >= 0.3 is 0 Å². The van der Waals surface area contributed by atoms with Gasteiger partial charge in [-0.15, -0.1) is 0 Å². The van der Waals surface area contributed by atoms with Crippen molar-refractivity contribution >= 4 is 11.6 Å². The van der Waals surface area contributed by atoms with Crippen molar-refractivity contribution in [2.45, 2.75) is 19.4 Å². The average molecular weight is 292 g/mol. The molecule has 2 aromatic rings. The molecule has 20 heavy (non-hydrogen) atoms. The molecular weight excluding hydrogens is 273 g/mol. The Balaban J connectivity index is 2.17. The van der Waals surface area contributed by atoms with Crippen molar-refractivity contribution in [2.24, 2.45) is 5.92 Å². The molecule has 2 aromatic carbocycles. The van der Waals surface area contributed by atoms with Gasteiger partial charge in [0.2, 0.25) is 0 Å². The van der Waals surface area contributed by atoms with Gasteiger partial charge in [0.15, 0.2) is 0 Å². The van der Waals surface area contributed by atoms with Crippen LogP contribution in [0.3, 0.4) is 0 Å². The summed E-state index contributed by atoms with van der Waals surface area (Å²) in [5, 5.41) is 3.96. The van der Waals surface area contributed by atoms with Gasteiger partial charge in [0.25, 0.3) is 0 Å². The van der Waals surface area contributed by atoms with Gasteiger partial charge in [-0.1, -0.05) is 48.9 Å². The molecule has 0 spiro atoms. The van der Waals surface area contributed by atoms with Crippen molar-refractivity contribution in [2.75, 3.05) is 7.05 Å². The first-order chi connectivity index (χ1) is 9.61. The minimum Gasteiger partial charge on any atom is -0.313 e. The zero-order chi connectivity index (χ0) is 14.5. The summed E-state index contributed by atoms with van der Waals surface area (Å²) in [4.78, 5) is 0. The zero-order valence-corrected chi connectivity index (χ0v) is 12.5. The van der Waals surface area contributed by atoms with Gasteiger partial charge in [-0.25, -0.2) is 4.39 Å². The van der Waals surface area contributed by atoms with Crippen molar-refractivity contribution in [1.82, 2.24) is 5.32 Å². The molecule has 0 aromatic heterocycles. The lowest BCUT2D eigenvalue weighted by atomic mass is 9.89. The molecular formula is C17H19ClFN. The number of halogens is 2. The van der Waals surface area contributed by atoms with Crippen LogP contribution in [0.4, 0.5) is 4.39 Å². The lowest BCUT2D eigenvalue weighted by molar-refractivity contribution is 0.408. The molecule has 2 rings (SSSR count). The van der Waals surface area contributed by atoms with Crippen molar-refractivity contribution in [1.29, 1.82) is 0 Å². The molecule has 0 radical (unpaired) electrons. The van der Waals surface area contributed by atoms with Crippen LogP contribution in [0.5, 0.6) is 0 Å². The van der Waals surface area contributed by atoms with E-state index >= 15 is 0 Å². The molecule has 0 bridgehead atoms. The smallest absolute Gasteiger partial charge is 0.123 e. The van der Waals surface area contributed by atoms with Crippen LogP contribution in [0.2, 0.25) is 5.02 Å². The minimum absolute atomic E-state index is 0.218. The molecule has 0 aliphatic heterocycles. The normalized spacial score (nSPS) is 14.0. The fourth-order valence-corrected chi connectivity index (χ4v) is 2.80. The van der Waals surface area contributed by atoms with Crippen molar-refractivity contribution < 1.29 is 4.39 Å². The molecule has 3 heteroatoms. The number of nitrogens with one attached hydrogen (secondary N) is 1. The maximum atomic E-state index is 13.3. The molecule has 0 amide bonds. The second kappa shape index (κ2) is 6.87. The Morgan fingerprint density at radius 2 is 1.85 bits per heavy atom. The monoisotopic (exact) mass is 291 g/mol. The average Bonchev–Trinajstić information content (AvgIpc) is 2.45. The van der Waals surface area contributed by atoms with Crippen LogP contribution in [0.25, 0.3) is 0 Å². The summed E-state index contributed by atoms with van der Waals surface area (Å²) in [5.74, 6) is 0.0685. The van der Waals surface area contributed by atoms with E-state index in [1.807, 2.05) is 25.2 Å². The molecule has 0 saturated heterocycles. The van der Waals surface area contributed by atoms with Gasteiger partial charge < -0.3 is 5.32 Å². The summed E-state index contributed by atoms with van der Waals surface area (Å²) < 4.78 is 13.3. The highest BCUT2D eigenvalue weighted by atomic mass is 35.5. The van der Waals surface area contributed by atoms with Crippen LogP contribution in [0.1, 0.15) is 24.1 Å². The van der Waals surface area contributed by atoms with Gasteiger partial charge in [-0.3, -0.25) is 0 Å².